The van der Waals surface area contributed by atoms with Gasteiger partial charge in [0.05, 0.1) is 0 Å². The highest BCUT2D eigenvalue weighted by atomic mass is 16.2. The second-order valence-corrected chi connectivity index (χ2v) is 10.9. The molecule has 4 bridgehead atoms. The number of hydrogen-bond donors (Lipinski definition) is 1. The molecule has 0 radical (unpaired) electrons. The van der Waals surface area contributed by atoms with Gasteiger partial charge in [0.25, 0.3) is 0 Å². The zero-order valence-electron chi connectivity index (χ0n) is 18.8. The van der Waals surface area contributed by atoms with Crippen LogP contribution in [0.1, 0.15) is 63.9 Å². The molecule has 4 saturated carbocycles. The lowest BCUT2D eigenvalue weighted by molar-refractivity contribution is -0.134. The average molecular weight is 421 g/mol. The molecule has 5 aliphatic rings. The molecule has 4 nitrogen and oxygen atoms in total. The number of nitrogens with one attached hydrogen (secondary N) is 1. The molecular weight excluding hydrogens is 384 g/mol. The summed E-state index contributed by atoms with van der Waals surface area (Å²) in [7, 11) is 0. The van der Waals surface area contributed by atoms with Gasteiger partial charge >= 0.3 is 0 Å². The van der Waals surface area contributed by atoms with Crippen LogP contribution >= 0.6 is 0 Å². The number of carbonyl (C=O) groups excluding carboxylic acids is 2. The van der Waals surface area contributed by atoms with Crippen LogP contribution < -0.4 is 5.32 Å². The normalized spacial score (nSPS) is 33.6. The molecule has 0 aromatic heterocycles. The molecule has 31 heavy (non-hydrogen) atoms. The van der Waals surface area contributed by atoms with Gasteiger partial charge in [-0.05, 0) is 93.1 Å². The lowest BCUT2D eigenvalue weighted by Crippen LogP contribution is -2.56. The van der Waals surface area contributed by atoms with Crippen molar-refractivity contribution in [1.29, 1.82) is 0 Å². The van der Waals surface area contributed by atoms with Crippen molar-refractivity contribution in [2.75, 3.05) is 13.1 Å². The van der Waals surface area contributed by atoms with Crippen molar-refractivity contribution in [3.8, 4) is 0 Å². The quantitative estimate of drug-likeness (QED) is 0.705. The average Bonchev–Trinajstić information content (AvgIpc) is 2.77. The first-order valence-electron chi connectivity index (χ1n) is 12.3. The van der Waals surface area contributed by atoms with Crippen molar-refractivity contribution in [2.24, 2.45) is 29.1 Å². The monoisotopic (exact) mass is 420 g/mol. The van der Waals surface area contributed by atoms with Gasteiger partial charge in [-0.3, -0.25) is 9.59 Å². The molecule has 5 fully saturated rings. The van der Waals surface area contributed by atoms with Gasteiger partial charge < -0.3 is 10.2 Å². The van der Waals surface area contributed by atoms with Gasteiger partial charge in [-0.2, -0.15) is 0 Å². The maximum Gasteiger partial charge on any atom is 0.246 e. The molecule has 1 unspecified atom stereocenters. The fourth-order valence-electron chi connectivity index (χ4n) is 7.39. The van der Waals surface area contributed by atoms with E-state index in [1.54, 1.807) is 6.08 Å². The zero-order chi connectivity index (χ0) is 21.4. The Hall–Kier alpha value is -2.10. The highest BCUT2D eigenvalue weighted by Crippen LogP contribution is 2.61. The van der Waals surface area contributed by atoms with E-state index >= 15 is 0 Å². The second kappa shape index (κ2) is 8.44. The fourth-order valence-corrected chi connectivity index (χ4v) is 7.39. The minimum atomic E-state index is 0.0403. The van der Waals surface area contributed by atoms with Crippen LogP contribution in [-0.2, 0) is 9.59 Å². The second-order valence-electron chi connectivity index (χ2n) is 10.9. The first-order valence-corrected chi connectivity index (χ1v) is 12.3. The first-order chi connectivity index (χ1) is 15.0. The molecule has 4 heteroatoms. The number of carbonyl (C=O) groups is 2. The Kier molecular flexibility index (Phi) is 5.66. The van der Waals surface area contributed by atoms with Gasteiger partial charge in [-0.25, -0.2) is 0 Å². The zero-order valence-corrected chi connectivity index (χ0v) is 18.8. The number of benzene rings is 1. The SMILES string of the molecule is CC(NC(=O)C1CCN(C(=O)C=Cc2ccccc2)CC1)C12CC3CC(CC(C3)C1)C2. The smallest absolute Gasteiger partial charge is 0.246 e. The molecule has 1 aromatic carbocycles. The Morgan fingerprint density at radius 2 is 1.58 bits per heavy atom. The summed E-state index contributed by atoms with van der Waals surface area (Å²) in [4.78, 5) is 27.5. The molecule has 4 aliphatic carbocycles. The van der Waals surface area contributed by atoms with E-state index < -0.39 is 0 Å². The summed E-state index contributed by atoms with van der Waals surface area (Å²) in [6, 6.07) is 10.2. The first kappa shape index (κ1) is 20.8. The summed E-state index contributed by atoms with van der Waals surface area (Å²) in [5.41, 5.74) is 1.38. The van der Waals surface area contributed by atoms with E-state index in [1.807, 2.05) is 41.3 Å². The number of hydrogen-bond acceptors (Lipinski definition) is 2. The molecule has 1 aliphatic heterocycles. The minimum Gasteiger partial charge on any atom is -0.353 e. The third-order valence-corrected chi connectivity index (χ3v) is 8.76. The van der Waals surface area contributed by atoms with E-state index in [4.69, 9.17) is 0 Å². The molecule has 1 N–H and O–H groups in total. The van der Waals surface area contributed by atoms with Gasteiger partial charge in [-0.1, -0.05) is 30.3 Å². The summed E-state index contributed by atoms with van der Waals surface area (Å²) in [5, 5.41) is 3.44. The Labute approximate surface area is 186 Å². The highest BCUT2D eigenvalue weighted by molar-refractivity contribution is 5.92. The van der Waals surface area contributed by atoms with E-state index in [-0.39, 0.29) is 23.8 Å². The molecule has 6 rings (SSSR count). The number of nitrogens with zero attached hydrogens (tertiary/aromatic N) is 1. The van der Waals surface area contributed by atoms with Crippen LogP contribution in [0.4, 0.5) is 0 Å². The lowest BCUT2D eigenvalue weighted by atomic mass is 9.48. The Morgan fingerprint density at radius 3 is 2.16 bits per heavy atom. The fraction of sp³-hybridized carbons (Fsp3) is 0.630. The molecule has 1 heterocycles. The third kappa shape index (κ3) is 4.31. The van der Waals surface area contributed by atoms with Crippen molar-refractivity contribution in [3.05, 3.63) is 42.0 Å². The summed E-state index contributed by atoms with van der Waals surface area (Å²) < 4.78 is 0. The molecule has 166 valence electrons. The minimum absolute atomic E-state index is 0.0403. The van der Waals surface area contributed by atoms with Crippen LogP contribution in [0.3, 0.4) is 0 Å². The van der Waals surface area contributed by atoms with Crippen molar-refractivity contribution in [2.45, 2.75) is 64.3 Å². The molecule has 1 aromatic rings. The number of amides is 2. The van der Waals surface area contributed by atoms with Crippen molar-refractivity contribution in [1.82, 2.24) is 10.2 Å². The summed E-state index contributed by atoms with van der Waals surface area (Å²) in [5.74, 6) is 3.02. The topological polar surface area (TPSA) is 49.4 Å². The van der Waals surface area contributed by atoms with Crippen LogP contribution in [0, 0.1) is 29.1 Å². The van der Waals surface area contributed by atoms with Crippen molar-refractivity contribution in [3.63, 3.8) is 0 Å². The van der Waals surface area contributed by atoms with Gasteiger partial charge in [-0.15, -0.1) is 0 Å². The Bertz CT molecular complexity index is 803. The van der Waals surface area contributed by atoms with E-state index in [1.165, 1.54) is 38.5 Å². The van der Waals surface area contributed by atoms with Crippen LogP contribution in [-0.4, -0.2) is 35.8 Å². The maximum absolute atomic E-state index is 13.1. The third-order valence-electron chi connectivity index (χ3n) is 8.76. The van der Waals surface area contributed by atoms with Crippen molar-refractivity contribution < 1.29 is 9.59 Å². The number of piperidine rings is 1. The highest BCUT2D eigenvalue weighted by Gasteiger charge is 2.53. The molecule has 1 atom stereocenters. The van der Waals surface area contributed by atoms with Gasteiger partial charge in [0.15, 0.2) is 0 Å². The Morgan fingerprint density at radius 1 is 1.00 bits per heavy atom. The molecule has 0 spiro atoms. The van der Waals surface area contributed by atoms with Crippen LogP contribution in [0.2, 0.25) is 0 Å². The number of likely N-dealkylation sites (tertiary alicyclic amines) is 1. The van der Waals surface area contributed by atoms with E-state index in [9.17, 15) is 9.59 Å². The lowest BCUT2D eigenvalue weighted by Gasteiger charge is -2.59. The summed E-state index contributed by atoms with van der Waals surface area (Å²) in [6.45, 7) is 3.60. The molecule has 1 saturated heterocycles. The van der Waals surface area contributed by atoms with Crippen molar-refractivity contribution >= 4 is 17.9 Å². The van der Waals surface area contributed by atoms with Gasteiger partial charge in [0, 0.05) is 31.1 Å². The standard InChI is InChI=1S/C27H36N2O2/c1-19(27-16-21-13-22(17-27)15-23(14-21)18-27)28-26(31)24-9-11-29(12-10-24)25(30)8-7-20-5-3-2-4-6-20/h2-8,19,21-24H,9-18H2,1H3,(H,28,31). The Balaban J connectivity index is 1.12. The van der Waals surface area contributed by atoms with E-state index in [0.29, 0.717) is 18.5 Å². The van der Waals surface area contributed by atoms with E-state index in [2.05, 4.69) is 12.2 Å². The van der Waals surface area contributed by atoms with Crippen LogP contribution in [0.15, 0.2) is 36.4 Å². The van der Waals surface area contributed by atoms with E-state index in [0.717, 1.165) is 36.2 Å². The largest absolute Gasteiger partial charge is 0.353 e. The van der Waals surface area contributed by atoms with Crippen LogP contribution in [0.5, 0.6) is 0 Å². The van der Waals surface area contributed by atoms with Crippen LogP contribution in [0.25, 0.3) is 6.08 Å². The summed E-state index contributed by atoms with van der Waals surface area (Å²) >= 11 is 0. The van der Waals surface area contributed by atoms with Gasteiger partial charge in [0.2, 0.25) is 11.8 Å². The molecule has 2 amide bonds. The predicted octanol–water partition coefficient (Wildman–Crippen LogP) is 4.66. The summed E-state index contributed by atoms with van der Waals surface area (Å²) in [6.07, 6.45) is 13.3. The predicted molar refractivity (Wildman–Crippen MR) is 123 cm³/mol. The maximum atomic E-state index is 13.1. The molecular formula is C27H36N2O2. The van der Waals surface area contributed by atoms with Gasteiger partial charge in [0.1, 0.15) is 0 Å². The number of rotatable bonds is 5.